The lowest BCUT2D eigenvalue weighted by Gasteiger charge is -1.87. The third kappa shape index (κ3) is 1.71. The Morgan fingerprint density at radius 1 is 1.57 bits per heavy atom. The number of nitrogens with one attached hydrogen (secondary N) is 1. The summed E-state index contributed by atoms with van der Waals surface area (Å²) in [5.41, 5.74) is 9.96. The quantitative estimate of drug-likeness (QED) is 0.497. The van der Waals surface area contributed by atoms with Crippen molar-refractivity contribution in [3.8, 4) is 0 Å². The van der Waals surface area contributed by atoms with Crippen LogP contribution in [0, 0.1) is 0 Å². The Bertz CT molecular complexity index is 511. The lowest BCUT2D eigenvalue weighted by Crippen LogP contribution is -1.81. The summed E-state index contributed by atoms with van der Waals surface area (Å²) in [5, 5.41) is 3.43. The summed E-state index contributed by atoms with van der Waals surface area (Å²) >= 11 is 3.36. The molecule has 0 aliphatic heterocycles. The number of hydrogen-bond donors (Lipinski definition) is 1. The first-order valence-corrected chi connectivity index (χ1v) is 4.74. The van der Waals surface area contributed by atoms with Crippen molar-refractivity contribution in [3.63, 3.8) is 0 Å². The Balaban J connectivity index is 2.45. The zero-order valence-electron chi connectivity index (χ0n) is 7.11. The fraction of sp³-hybridized carbons (Fsp3) is 0.125. The van der Waals surface area contributed by atoms with Gasteiger partial charge in [-0.25, -0.2) is 4.98 Å². The molecule has 0 amide bonds. The molecule has 0 atom stereocenters. The Kier molecular flexibility index (Phi) is 2.39. The molecular weight excluding hydrogens is 246 g/mol. The molecule has 0 aliphatic rings. The normalized spacial score (nSPS) is 10.1. The Morgan fingerprint density at radius 3 is 3.21 bits per heavy atom. The molecule has 0 unspecified atom stereocenters. The average Bonchev–Trinajstić information content (AvgIpc) is 2.56. The highest BCUT2D eigenvalue weighted by Crippen LogP contribution is 2.17. The number of H-pyrrole nitrogens is 1. The van der Waals surface area contributed by atoms with Crippen LogP contribution in [0.25, 0.3) is 21.5 Å². The number of imidazole rings is 1. The molecule has 0 bridgehead atoms. The minimum atomic E-state index is 0.253. The second kappa shape index (κ2) is 3.69. The van der Waals surface area contributed by atoms with Gasteiger partial charge in [-0.05, 0) is 23.7 Å². The summed E-state index contributed by atoms with van der Waals surface area (Å²) < 4.78 is 0.990. The van der Waals surface area contributed by atoms with Crippen LogP contribution in [-0.2, 0) is 6.54 Å². The number of halogens is 1. The van der Waals surface area contributed by atoms with Crippen molar-refractivity contribution in [1.82, 2.24) is 9.97 Å². The summed E-state index contributed by atoms with van der Waals surface area (Å²) in [5.74, 6) is 0.677. The first-order valence-electron chi connectivity index (χ1n) is 3.94. The third-order valence-corrected chi connectivity index (χ3v) is 2.27. The number of hydrogen-bond acceptors (Lipinski definition) is 2. The topological polar surface area (TPSA) is 77.4 Å². The molecule has 0 spiro atoms. The fourth-order valence-electron chi connectivity index (χ4n) is 1.21. The van der Waals surface area contributed by atoms with E-state index in [9.17, 15) is 0 Å². The fourth-order valence-corrected chi connectivity index (χ4v) is 1.57. The highest BCUT2D eigenvalue weighted by atomic mass is 79.9. The number of benzene rings is 1. The second-order valence-corrected chi connectivity index (χ2v) is 3.65. The molecule has 70 valence electrons. The van der Waals surface area contributed by atoms with Crippen molar-refractivity contribution in [3.05, 3.63) is 38.9 Å². The molecule has 2 rings (SSSR count). The molecule has 14 heavy (non-hydrogen) atoms. The molecule has 1 N–H and O–H groups in total. The molecule has 0 aliphatic carbocycles. The van der Waals surface area contributed by atoms with E-state index in [4.69, 9.17) is 5.53 Å². The number of fused-ring (bicyclic) bond motifs is 1. The Hall–Kier alpha value is -1.52. The van der Waals surface area contributed by atoms with Gasteiger partial charge in [0.05, 0.1) is 17.6 Å². The van der Waals surface area contributed by atoms with Gasteiger partial charge < -0.3 is 4.98 Å². The lowest BCUT2D eigenvalue weighted by molar-refractivity contribution is 0.946. The van der Waals surface area contributed by atoms with Crippen LogP contribution >= 0.6 is 15.9 Å². The van der Waals surface area contributed by atoms with Crippen molar-refractivity contribution >= 4 is 27.0 Å². The van der Waals surface area contributed by atoms with Gasteiger partial charge in [0.25, 0.3) is 0 Å². The number of rotatable bonds is 2. The summed E-state index contributed by atoms with van der Waals surface area (Å²) in [4.78, 5) is 9.99. The molecule has 0 fully saturated rings. The van der Waals surface area contributed by atoms with E-state index in [1.807, 2.05) is 18.2 Å². The van der Waals surface area contributed by atoms with Crippen molar-refractivity contribution in [2.24, 2.45) is 5.11 Å². The predicted molar refractivity (Wildman–Crippen MR) is 56.6 cm³/mol. The van der Waals surface area contributed by atoms with E-state index in [0.717, 1.165) is 15.5 Å². The van der Waals surface area contributed by atoms with Gasteiger partial charge in [-0.15, -0.1) is 0 Å². The molecule has 5 nitrogen and oxygen atoms in total. The van der Waals surface area contributed by atoms with Crippen LogP contribution < -0.4 is 0 Å². The van der Waals surface area contributed by atoms with Crippen molar-refractivity contribution in [2.45, 2.75) is 6.54 Å². The van der Waals surface area contributed by atoms with Crippen molar-refractivity contribution in [2.75, 3.05) is 0 Å². The van der Waals surface area contributed by atoms with Gasteiger partial charge in [-0.2, -0.15) is 0 Å². The maximum Gasteiger partial charge on any atom is 0.113 e. The van der Waals surface area contributed by atoms with E-state index in [0.29, 0.717) is 5.82 Å². The van der Waals surface area contributed by atoms with Crippen molar-refractivity contribution < 1.29 is 0 Å². The largest absolute Gasteiger partial charge is 0.342 e. The first kappa shape index (κ1) is 9.05. The monoisotopic (exact) mass is 251 g/mol. The van der Waals surface area contributed by atoms with Gasteiger partial charge in [-0.1, -0.05) is 21.0 Å². The van der Waals surface area contributed by atoms with Gasteiger partial charge >= 0.3 is 0 Å². The van der Waals surface area contributed by atoms with E-state index >= 15 is 0 Å². The maximum absolute atomic E-state index is 8.16. The smallest absolute Gasteiger partial charge is 0.113 e. The highest BCUT2D eigenvalue weighted by Gasteiger charge is 2.01. The standard InChI is InChI=1S/C8H6BrN5/c9-5-1-2-6-7(3-5)13-8(12-6)4-11-14-10/h1-3H,4H2,(H,12,13). The molecule has 0 saturated carbocycles. The Morgan fingerprint density at radius 2 is 2.43 bits per heavy atom. The second-order valence-electron chi connectivity index (χ2n) is 2.73. The first-order chi connectivity index (χ1) is 6.79. The zero-order valence-corrected chi connectivity index (χ0v) is 8.69. The number of nitrogens with zero attached hydrogens (tertiary/aromatic N) is 4. The van der Waals surface area contributed by atoms with Crippen LogP contribution in [0.1, 0.15) is 5.82 Å². The van der Waals surface area contributed by atoms with Gasteiger partial charge in [0.15, 0.2) is 0 Å². The molecular formula is C8H6BrN5. The van der Waals surface area contributed by atoms with Gasteiger partial charge in [0.2, 0.25) is 0 Å². The van der Waals surface area contributed by atoms with E-state index in [1.165, 1.54) is 0 Å². The average molecular weight is 252 g/mol. The van der Waals surface area contributed by atoms with E-state index in [1.54, 1.807) is 0 Å². The minimum Gasteiger partial charge on any atom is -0.342 e. The van der Waals surface area contributed by atoms with Crippen LogP contribution in [0.2, 0.25) is 0 Å². The van der Waals surface area contributed by atoms with E-state index < -0.39 is 0 Å². The highest BCUT2D eigenvalue weighted by molar-refractivity contribution is 9.10. The molecule has 2 aromatic rings. The zero-order chi connectivity index (χ0) is 9.97. The Labute approximate surface area is 87.9 Å². The maximum atomic E-state index is 8.16. The van der Waals surface area contributed by atoms with Gasteiger partial charge in [0.1, 0.15) is 5.82 Å². The molecule has 1 heterocycles. The number of azide groups is 1. The molecule has 0 radical (unpaired) electrons. The molecule has 1 aromatic heterocycles. The summed E-state index contributed by atoms with van der Waals surface area (Å²) in [6, 6.07) is 5.75. The SMILES string of the molecule is [N-]=[N+]=NCc1nc2ccc(Br)cc2[nH]1. The molecule has 6 heteroatoms. The number of aromatic nitrogens is 2. The van der Waals surface area contributed by atoms with Gasteiger partial charge in [-0.3, -0.25) is 0 Å². The number of aromatic amines is 1. The van der Waals surface area contributed by atoms with E-state index in [2.05, 4.69) is 35.9 Å². The van der Waals surface area contributed by atoms with Crippen molar-refractivity contribution in [1.29, 1.82) is 0 Å². The third-order valence-electron chi connectivity index (χ3n) is 1.78. The van der Waals surface area contributed by atoms with Crippen LogP contribution in [0.15, 0.2) is 27.8 Å². The molecule has 1 aromatic carbocycles. The van der Waals surface area contributed by atoms with Crippen LogP contribution in [0.5, 0.6) is 0 Å². The van der Waals surface area contributed by atoms with E-state index in [-0.39, 0.29) is 6.54 Å². The molecule has 0 saturated heterocycles. The summed E-state index contributed by atoms with van der Waals surface area (Å²) in [7, 11) is 0. The van der Waals surface area contributed by atoms with Crippen LogP contribution in [0.4, 0.5) is 0 Å². The minimum absolute atomic E-state index is 0.253. The van der Waals surface area contributed by atoms with Crippen LogP contribution in [-0.4, -0.2) is 9.97 Å². The summed E-state index contributed by atoms with van der Waals surface area (Å²) in [6.07, 6.45) is 0. The summed E-state index contributed by atoms with van der Waals surface area (Å²) in [6.45, 7) is 0.253. The predicted octanol–water partition coefficient (Wildman–Crippen LogP) is 3.14. The van der Waals surface area contributed by atoms with Crippen LogP contribution in [0.3, 0.4) is 0 Å². The lowest BCUT2D eigenvalue weighted by atomic mass is 10.3. The van der Waals surface area contributed by atoms with Gasteiger partial charge in [0, 0.05) is 9.38 Å².